The lowest BCUT2D eigenvalue weighted by atomic mass is 10.2. The molecule has 0 spiro atoms. The minimum Gasteiger partial charge on any atom is -0.358 e. The first-order valence-electron chi connectivity index (χ1n) is 9.40. The maximum Gasteiger partial charge on any atom is 0.0752 e. The van der Waals surface area contributed by atoms with Crippen LogP contribution in [0.5, 0.6) is 0 Å². The highest BCUT2D eigenvalue weighted by Crippen LogP contribution is 2.02. The average Bonchev–Trinajstić information content (AvgIpc) is 2.54. The van der Waals surface area contributed by atoms with Gasteiger partial charge in [0.15, 0.2) is 0 Å². The van der Waals surface area contributed by atoms with Gasteiger partial charge in [-0.05, 0) is 25.9 Å². The topological polar surface area (TPSA) is 117 Å². The summed E-state index contributed by atoms with van der Waals surface area (Å²) in [5, 5.41) is 0. The van der Waals surface area contributed by atoms with Crippen LogP contribution in [0.25, 0.3) is 0 Å². The molecule has 6 heteroatoms. The number of quaternary nitrogens is 4. The van der Waals surface area contributed by atoms with Crippen molar-refractivity contribution in [1.29, 1.82) is 0 Å². The highest BCUT2D eigenvalue weighted by molar-refractivity contribution is 4.62. The van der Waals surface area contributed by atoms with Crippen molar-refractivity contribution >= 4 is 0 Å². The summed E-state index contributed by atoms with van der Waals surface area (Å²) in [6.45, 7) is 11.5. The lowest BCUT2D eigenvalue weighted by Crippen LogP contribution is -2.52. The summed E-state index contributed by atoms with van der Waals surface area (Å²) in [4.78, 5) is 5.21. The van der Waals surface area contributed by atoms with Crippen LogP contribution in [0.2, 0.25) is 0 Å². The highest BCUT2D eigenvalue weighted by atomic mass is 15.1. The predicted molar refractivity (Wildman–Crippen MR) is 91.6 cm³/mol. The minimum atomic E-state index is 1.05. The summed E-state index contributed by atoms with van der Waals surface area (Å²) < 4.78 is 0. The molecule has 0 fully saturated rings. The van der Waals surface area contributed by atoms with Gasteiger partial charge in [-0.2, -0.15) is 0 Å². The van der Waals surface area contributed by atoms with Gasteiger partial charge in [0, 0.05) is 51.9 Å². The van der Waals surface area contributed by atoms with Gasteiger partial charge in [0.05, 0.1) is 26.2 Å². The highest BCUT2D eigenvalue weighted by Gasteiger charge is 2.07. The van der Waals surface area contributed by atoms with Crippen molar-refractivity contribution in [1.82, 2.24) is 9.80 Å². The fourth-order valence-electron chi connectivity index (χ4n) is 2.68. The van der Waals surface area contributed by atoms with E-state index >= 15 is 0 Å². The SMILES string of the molecule is [NH3+]CCCN(CCC[NH3+])CCCCN(CCC[NH3+])CCC[NH3+]. The first kappa shape index (κ1) is 21.8. The Balaban J connectivity index is 3.88. The van der Waals surface area contributed by atoms with Crippen molar-refractivity contribution in [3.05, 3.63) is 0 Å². The number of unbranched alkanes of at least 4 members (excludes halogenated alkanes) is 1. The Labute approximate surface area is 137 Å². The Bertz CT molecular complexity index is 177. The molecule has 0 aromatic heterocycles. The maximum atomic E-state index is 3.96. The maximum absolute atomic E-state index is 3.96. The number of nitrogens with zero attached hydrogens (tertiary/aromatic N) is 2. The molecule has 0 aromatic rings. The molecule has 0 aliphatic carbocycles. The van der Waals surface area contributed by atoms with Crippen LogP contribution in [0.15, 0.2) is 0 Å². The number of rotatable bonds is 17. The molecule has 22 heavy (non-hydrogen) atoms. The van der Waals surface area contributed by atoms with Gasteiger partial charge in [-0.15, -0.1) is 0 Å². The van der Waals surface area contributed by atoms with Crippen LogP contribution in [0, 0.1) is 0 Å². The van der Waals surface area contributed by atoms with Crippen molar-refractivity contribution in [2.45, 2.75) is 38.5 Å². The Kier molecular flexibility index (Phi) is 16.9. The summed E-state index contributed by atoms with van der Waals surface area (Å²) in [5.74, 6) is 0. The van der Waals surface area contributed by atoms with E-state index in [0.717, 1.165) is 26.2 Å². The van der Waals surface area contributed by atoms with Crippen molar-refractivity contribution < 1.29 is 22.9 Å². The van der Waals surface area contributed by atoms with E-state index in [4.69, 9.17) is 0 Å². The van der Waals surface area contributed by atoms with Gasteiger partial charge in [0.1, 0.15) is 0 Å². The molecule has 134 valence electrons. The molecule has 6 nitrogen and oxygen atoms in total. The molecule has 0 rings (SSSR count). The van der Waals surface area contributed by atoms with E-state index in [1.807, 2.05) is 0 Å². The van der Waals surface area contributed by atoms with Crippen LogP contribution < -0.4 is 22.9 Å². The predicted octanol–water partition coefficient (Wildman–Crippen LogP) is -3.10. The van der Waals surface area contributed by atoms with Gasteiger partial charge in [-0.3, -0.25) is 0 Å². The summed E-state index contributed by atoms with van der Waals surface area (Å²) >= 11 is 0. The van der Waals surface area contributed by atoms with E-state index in [9.17, 15) is 0 Å². The Morgan fingerprint density at radius 1 is 0.364 bits per heavy atom. The summed E-state index contributed by atoms with van der Waals surface area (Å²) in [5.41, 5.74) is 15.8. The van der Waals surface area contributed by atoms with Crippen molar-refractivity contribution in [2.75, 3.05) is 65.4 Å². The second-order valence-electron chi connectivity index (χ2n) is 6.22. The number of hydrogen-bond acceptors (Lipinski definition) is 2. The minimum absolute atomic E-state index is 1.05. The van der Waals surface area contributed by atoms with Crippen LogP contribution in [0.1, 0.15) is 38.5 Å². The van der Waals surface area contributed by atoms with E-state index in [1.165, 1.54) is 77.8 Å². The van der Waals surface area contributed by atoms with Gasteiger partial charge in [-0.25, -0.2) is 0 Å². The third kappa shape index (κ3) is 13.4. The first-order valence-corrected chi connectivity index (χ1v) is 9.40. The zero-order valence-corrected chi connectivity index (χ0v) is 15.0. The molecule has 0 bridgehead atoms. The van der Waals surface area contributed by atoms with Crippen LogP contribution >= 0.6 is 0 Å². The van der Waals surface area contributed by atoms with Gasteiger partial charge >= 0.3 is 0 Å². The smallest absolute Gasteiger partial charge is 0.0752 e. The summed E-state index contributed by atoms with van der Waals surface area (Å²) in [7, 11) is 0. The molecule has 0 saturated heterocycles. The van der Waals surface area contributed by atoms with E-state index in [0.29, 0.717) is 0 Å². The van der Waals surface area contributed by atoms with Crippen LogP contribution in [-0.2, 0) is 0 Å². The third-order valence-corrected chi connectivity index (χ3v) is 4.10. The second-order valence-corrected chi connectivity index (χ2v) is 6.22. The fraction of sp³-hybridized carbons (Fsp3) is 1.00. The lowest BCUT2D eigenvalue weighted by Gasteiger charge is -2.23. The van der Waals surface area contributed by atoms with Gasteiger partial charge < -0.3 is 32.7 Å². The standard InChI is InChI=1S/C16H40N6/c17-7-3-13-21(14-4-8-18)11-1-2-12-22(15-5-9-19)16-6-10-20/h1-20H2/p+4. The van der Waals surface area contributed by atoms with Crippen LogP contribution in [0.4, 0.5) is 0 Å². The van der Waals surface area contributed by atoms with Crippen molar-refractivity contribution in [3.8, 4) is 0 Å². The van der Waals surface area contributed by atoms with Gasteiger partial charge in [-0.1, -0.05) is 0 Å². The molecule has 0 radical (unpaired) electrons. The van der Waals surface area contributed by atoms with E-state index in [2.05, 4.69) is 32.7 Å². The molecular weight excluding hydrogens is 276 g/mol. The average molecular weight is 321 g/mol. The zero-order valence-electron chi connectivity index (χ0n) is 15.0. The van der Waals surface area contributed by atoms with Crippen LogP contribution in [-0.4, -0.2) is 75.2 Å². The van der Waals surface area contributed by atoms with Gasteiger partial charge in [0.2, 0.25) is 0 Å². The number of hydrogen-bond donors (Lipinski definition) is 4. The molecule has 0 saturated carbocycles. The van der Waals surface area contributed by atoms with Crippen LogP contribution in [0.3, 0.4) is 0 Å². The van der Waals surface area contributed by atoms with E-state index in [-0.39, 0.29) is 0 Å². The molecule has 0 unspecified atom stereocenters. The molecule has 0 heterocycles. The van der Waals surface area contributed by atoms with Gasteiger partial charge in [0.25, 0.3) is 0 Å². The zero-order chi connectivity index (χ0) is 16.5. The second kappa shape index (κ2) is 17.1. The summed E-state index contributed by atoms with van der Waals surface area (Å²) in [6.07, 6.45) is 7.48. The largest absolute Gasteiger partial charge is 0.358 e. The Morgan fingerprint density at radius 3 is 0.818 bits per heavy atom. The molecule has 0 aromatic carbocycles. The Morgan fingerprint density at radius 2 is 0.591 bits per heavy atom. The monoisotopic (exact) mass is 320 g/mol. The normalized spacial score (nSPS) is 11.7. The summed E-state index contributed by atoms with van der Waals surface area (Å²) in [6, 6.07) is 0. The quantitative estimate of drug-likeness (QED) is 0.212. The molecule has 0 aliphatic heterocycles. The first-order chi connectivity index (χ1) is 10.8. The molecule has 0 amide bonds. The van der Waals surface area contributed by atoms with Crippen molar-refractivity contribution in [2.24, 2.45) is 0 Å². The van der Waals surface area contributed by atoms with Crippen molar-refractivity contribution in [3.63, 3.8) is 0 Å². The van der Waals surface area contributed by atoms with E-state index in [1.54, 1.807) is 0 Å². The molecule has 12 N–H and O–H groups in total. The lowest BCUT2D eigenvalue weighted by molar-refractivity contribution is -0.370. The third-order valence-electron chi connectivity index (χ3n) is 4.10. The Hall–Kier alpha value is -0.240. The fourth-order valence-corrected chi connectivity index (χ4v) is 2.68. The molecule has 0 aliphatic rings. The van der Waals surface area contributed by atoms with E-state index < -0.39 is 0 Å². The molecule has 0 atom stereocenters. The molecular formula is C16H44N6+4.